The third kappa shape index (κ3) is 5.56. The summed E-state index contributed by atoms with van der Waals surface area (Å²) in [5, 5.41) is 16.8. The summed E-state index contributed by atoms with van der Waals surface area (Å²) >= 11 is 0. The zero-order valence-electron chi connectivity index (χ0n) is 20.8. The fraction of sp³-hybridized carbons (Fsp3) is 0.333. The molecule has 1 aliphatic heterocycles. The summed E-state index contributed by atoms with van der Waals surface area (Å²) < 4.78 is 5.95. The van der Waals surface area contributed by atoms with E-state index in [1.165, 1.54) is 9.80 Å². The van der Waals surface area contributed by atoms with Gasteiger partial charge in [-0.25, -0.2) is 4.98 Å². The molecular weight excluding hydrogens is 458 g/mol. The van der Waals surface area contributed by atoms with Gasteiger partial charge in [-0.1, -0.05) is 42.2 Å². The van der Waals surface area contributed by atoms with Crippen LogP contribution in [0.15, 0.2) is 48.5 Å². The monoisotopic (exact) mass is 487 g/mol. The van der Waals surface area contributed by atoms with Crippen molar-refractivity contribution < 1.29 is 19.4 Å². The molecular formula is C27H29N5O4. The molecule has 3 aromatic rings. The highest BCUT2D eigenvalue weighted by atomic mass is 16.5. The van der Waals surface area contributed by atoms with E-state index in [1.54, 1.807) is 46.0 Å². The van der Waals surface area contributed by atoms with Crippen molar-refractivity contribution in [3.63, 3.8) is 0 Å². The average Bonchev–Trinajstić information content (AvgIpc) is 3.28. The molecule has 2 amide bonds. The summed E-state index contributed by atoms with van der Waals surface area (Å²) in [6.07, 6.45) is 0.509. The van der Waals surface area contributed by atoms with Crippen molar-refractivity contribution in [1.29, 1.82) is 0 Å². The number of hydrogen-bond acceptors (Lipinski definition) is 6. The number of nitrogens with one attached hydrogen (secondary N) is 1. The molecule has 0 radical (unpaired) electrons. The van der Waals surface area contributed by atoms with Crippen molar-refractivity contribution in [1.82, 2.24) is 20.1 Å². The van der Waals surface area contributed by atoms with Crippen LogP contribution in [0.5, 0.6) is 5.75 Å². The number of aliphatic hydroxyl groups is 1. The van der Waals surface area contributed by atoms with E-state index in [-0.39, 0.29) is 24.9 Å². The maximum Gasteiger partial charge on any atom is 0.294 e. The van der Waals surface area contributed by atoms with Gasteiger partial charge in [0.25, 0.3) is 11.8 Å². The number of carbonyl (C=O) groups excluding carboxylic acids is 2. The van der Waals surface area contributed by atoms with Crippen molar-refractivity contribution in [2.24, 2.45) is 0 Å². The lowest BCUT2D eigenvalue weighted by Gasteiger charge is -2.29. The van der Waals surface area contributed by atoms with E-state index in [1.807, 2.05) is 30.3 Å². The molecule has 9 heteroatoms. The van der Waals surface area contributed by atoms with Gasteiger partial charge < -0.3 is 19.6 Å². The minimum absolute atomic E-state index is 0.00386. The molecule has 1 atom stereocenters. The molecule has 2 N–H and O–H groups in total. The summed E-state index contributed by atoms with van der Waals surface area (Å²) in [5.41, 5.74) is 1.07. The van der Waals surface area contributed by atoms with E-state index in [4.69, 9.17) is 4.74 Å². The first-order chi connectivity index (χ1) is 17.2. The number of ether oxygens (including phenoxy) is 1. The van der Waals surface area contributed by atoms with Crippen LogP contribution in [0, 0.1) is 11.8 Å². The van der Waals surface area contributed by atoms with Crippen molar-refractivity contribution in [3.05, 3.63) is 71.3 Å². The van der Waals surface area contributed by atoms with Crippen LogP contribution in [0.4, 0.5) is 5.69 Å². The Hall–Kier alpha value is -4.16. The van der Waals surface area contributed by atoms with E-state index >= 15 is 0 Å². The number of rotatable bonds is 5. The number of anilines is 1. The Morgan fingerprint density at radius 1 is 1.28 bits per heavy atom. The number of carbonyl (C=O) groups is 2. The molecule has 2 aromatic carbocycles. The summed E-state index contributed by atoms with van der Waals surface area (Å²) in [7, 11) is 1.64. The van der Waals surface area contributed by atoms with Crippen LogP contribution in [0.3, 0.4) is 0 Å². The zero-order chi connectivity index (χ0) is 25.9. The summed E-state index contributed by atoms with van der Waals surface area (Å²) in [5.74, 6) is 6.01. The van der Waals surface area contributed by atoms with E-state index in [9.17, 15) is 14.7 Å². The molecule has 1 aliphatic rings. The number of aromatic nitrogens is 3. The Labute approximate surface area is 210 Å². The Balaban J connectivity index is 1.54. The summed E-state index contributed by atoms with van der Waals surface area (Å²) in [4.78, 5) is 34.0. The minimum atomic E-state index is -1.14. The molecule has 4 rings (SSSR count). The molecule has 1 unspecified atom stereocenters. The number of fused-ring (bicyclic) bond motifs is 1. The molecule has 1 aromatic heterocycles. The van der Waals surface area contributed by atoms with Crippen LogP contribution in [0.25, 0.3) is 0 Å². The van der Waals surface area contributed by atoms with Crippen molar-refractivity contribution in [2.45, 2.75) is 38.8 Å². The highest BCUT2D eigenvalue weighted by Crippen LogP contribution is 2.32. The largest absolute Gasteiger partial charge is 0.489 e. The van der Waals surface area contributed by atoms with Gasteiger partial charge in [0.15, 0.2) is 0 Å². The highest BCUT2D eigenvalue weighted by Gasteiger charge is 2.37. The number of likely N-dealkylation sites (N-methyl/N-ethyl adjacent to an activating group) is 2. The lowest BCUT2D eigenvalue weighted by molar-refractivity contribution is -0.123. The van der Waals surface area contributed by atoms with Gasteiger partial charge >= 0.3 is 0 Å². The van der Waals surface area contributed by atoms with Gasteiger partial charge in [-0.05, 0) is 44.5 Å². The van der Waals surface area contributed by atoms with Gasteiger partial charge in [-0.15, -0.1) is 5.10 Å². The first kappa shape index (κ1) is 24.9. The van der Waals surface area contributed by atoms with Crippen LogP contribution in [-0.4, -0.2) is 68.8 Å². The van der Waals surface area contributed by atoms with E-state index in [0.29, 0.717) is 29.2 Å². The van der Waals surface area contributed by atoms with Gasteiger partial charge in [0.2, 0.25) is 5.82 Å². The average molecular weight is 488 g/mol. The highest BCUT2D eigenvalue weighted by molar-refractivity contribution is 6.02. The van der Waals surface area contributed by atoms with E-state index in [2.05, 4.69) is 27.0 Å². The predicted octanol–water partition coefficient (Wildman–Crippen LogP) is 2.40. The van der Waals surface area contributed by atoms with Gasteiger partial charge in [-0.3, -0.25) is 14.7 Å². The molecule has 9 nitrogen and oxygen atoms in total. The number of amides is 2. The van der Waals surface area contributed by atoms with Crippen molar-refractivity contribution in [2.75, 3.05) is 25.1 Å². The molecule has 0 bridgehead atoms. The maximum absolute atomic E-state index is 13.4. The van der Waals surface area contributed by atoms with Gasteiger partial charge in [0, 0.05) is 25.6 Å². The number of H-pyrrole nitrogens is 1. The standard InChI is InChI=1S/C27H29N5O4/c1-5-32(26(34)24-28-23(29-30-24)16-18-9-7-6-8-10-18)21-17-36-22-12-11-19(13-14-27(2,3)35)15-20(22)31(4)25(21)33/h6-12,15,21,35H,5,16-17H2,1-4H3,(H,28,29,30). The van der Waals surface area contributed by atoms with Crippen LogP contribution in [-0.2, 0) is 11.2 Å². The van der Waals surface area contributed by atoms with Crippen molar-refractivity contribution in [3.8, 4) is 17.6 Å². The van der Waals surface area contributed by atoms with E-state index < -0.39 is 17.6 Å². The second kappa shape index (κ2) is 10.2. The number of aromatic amines is 1. The third-order valence-corrected chi connectivity index (χ3v) is 5.76. The SMILES string of the molecule is CCN(C(=O)c1n[nH]c(Cc2ccccc2)n1)C1COc2ccc(C#CC(C)(C)O)cc2N(C)C1=O. The van der Waals surface area contributed by atoms with Gasteiger partial charge in [-0.2, -0.15) is 0 Å². The second-order valence-electron chi connectivity index (χ2n) is 9.07. The normalized spacial score (nSPS) is 15.3. The Kier molecular flexibility index (Phi) is 7.08. The number of benzene rings is 2. The first-order valence-electron chi connectivity index (χ1n) is 11.7. The van der Waals surface area contributed by atoms with Gasteiger partial charge in [0.05, 0.1) is 5.69 Å². The first-order valence-corrected chi connectivity index (χ1v) is 11.7. The zero-order valence-corrected chi connectivity index (χ0v) is 20.8. The number of nitrogens with zero attached hydrogens (tertiary/aromatic N) is 4. The maximum atomic E-state index is 13.4. The summed E-state index contributed by atoms with van der Waals surface area (Å²) in [6, 6.07) is 14.1. The van der Waals surface area contributed by atoms with E-state index in [0.717, 1.165) is 5.56 Å². The third-order valence-electron chi connectivity index (χ3n) is 5.76. The molecule has 0 fully saturated rings. The minimum Gasteiger partial charge on any atom is -0.489 e. The molecule has 186 valence electrons. The number of hydrogen-bond donors (Lipinski definition) is 2. The second-order valence-corrected chi connectivity index (χ2v) is 9.07. The van der Waals surface area contributed by atoms with Crippen LogP contribution < -0.4 is 9.64 Å². The predicted molar refractivity (Wildman–Crippen MR) is 135 cm³/mol. The Morgan fingerprint density at radius 2 is 2.03 bits per heavy atom. The van der Waals surface area contributed by atoms with Crippen LogP contribution >= 0.6 is 0 Å². The van der Waals surface area contributed by atoms with Crippen LogP contribution in [0.1, 0.15) is 48.3 Å². The van der Waals surface area contributed by atoms with Crippen LogP contribution in [0.2, 0.25) is 0 Å². The molecule has 0 saturated carbocycles. The van der Waals surface area contributed by atoms with Crippen molar-refractivity contribution >= 4 is 17.5 Å². The Bertz CT molecular complexity index is 1320. The van der Waals surface area contributed by atoms with Gasteiger partial charge in [0.1, 0.15) is 29.8 Å². The molecule has 2 heterocycles. The summed E-state index contributed by atoms with van der Waals surface area (Å²) in [6.45, 7) is 5.26. The quantitative estimate of drug-likeness (QED) is 0.535. The smallest absolute Gasteiger partial charge is 0.294 e. The lowest BCUT2D eigenvalue weighted by Crippen LogP contribution is -2.52. The Morgan fingerprint density at radius 3 is 2.72 bits per heavy atom. The fourth-order valence-corrected chi connectivity index (χ4v) is 3.90. The fourth-order valence-electron chi connectivity index (χ4n) is 3.90. The molecule has 0 spiro atoms. The topological polar surface area (TPSA) is 112 Å². The lowest BCUT2D eigenvalue weighted by atomic mass is 10.1. The molecule has 36 heavy (non-hydrogen) atoms. The molecule has 0 aliphatic carbocycles. The molecule has 0 saturated heterocycles.